The third-order valence-corrected chi connectivity index (χ3v) is 3.61. The van der Waals surface area contributed by atoms with Crippen molar-refractivity contribution >= 4 is 17.8 Å². The lowest BCUT2D eigenvalue weighted by atomic mass is 10.0. The molecule has 1 aromatic carbocycles. The molecule has 0 fully saturated rings. The lowest BCUT2D eigenvalue weighted by molar-refractivity contribution is -0.139. The molecule has 6 heteroatoms. The normalized spacial score (nSPS) is 15.3. The van der Waals surface area contributed by atoms with Gasteiger partial charge in [0.2, 0.25) is 0 Å². The molecule has 1 atom stereocenters. The van der Waals surface area contributed by atoms with Gasteiger partial charge in [0.05, 0.1) is 11.1 Å². The van der Waals surface area contributed by atoms with Crippen molar-refractivity contribution in [3.63, 3.8) is 0 Å². The molecule has 6 nitrogen and oxygen atoms in total. The van der Waals surface area contributed by atoms with Crippen LogP contribution in [0.25, 0.3) is 0 Å². The molecule has 0 saturated heterocycles. The molecular formula is C16H20N2O4. The summed E-state index contributed by atoms with van der Waals surface area (Å²) in [6.07, 6.45) is 0.497. The Bertz CT molecular complexity index is 563. The van der Waals surface area contributed by atoms with Crippen molar-refractivity contribution in [1.29, 1.82) is 0 Å². The van der Waals surface area contributed by atoms with E-state index in [0.717, 1.165) is 4.90 Å². The molecule has 118 valence electrons. The van der Waals surface area contributed by atoms with Gasteiger partial charge in [0.1, 0.15) is 6.04 Å². The average molecular weight is 304 g/mol. The minimum atomic E-state index is -0.920. The number of hydrogen-bond acceptors (Lipinski definition) is 4. The average Bonchev–Trinajstić information content (AvgIpc) is 2.71. The Morgan fingerprint density at radius 1 is 1.18 bits per heavy atom. The first kappa shape index (κ1) is 16.2. The highest BCUT2D eigenvalue weighted by Gasteiger charge is 2.34. The number of benzene rings is 1. The van der Waals surface area contributed by atoms with Crippen LogP contribution in [0.1, 0.15) is 41.0 Å². The van der Waals surface area contributed by atoms with E-state index in [9.17, 15) is 14.4 Å². The molecule has 22 heavy (non-hydrogen) atoms. The van der Waals surface area contributed by atoms with Gasteiger partial charge in [0, 0.05) is 13.1 Å². The summed E-state index contributed by atoms with van der Waals surface area (Å²) < 4.78 is 0. The van der Waals surface area contributed by atoms with E-state index in [0.29, 0.717) is 17.5 Å². The van der Waals surface area contributed by atoms with E-state index >= 15 is 0 Å². The summed E-state index contributed by atoms with van der Waals surface area (Å²) in [5.41, 5.74) is 0.814. The third kappa shape index (κ3) is 3.33. The van der Waals surface area contributed by atoms with Gasteiger partial charge in [0.15, 0.2) is 0 Å². The standard InChI is InChI=1S/C16H20N2O4/c1-10(2)9-13(16(21)22)17-7-8-18-14(19)11-5-3-4-6-12(11)15(18)20/h3-6,10,13,17H,7-9H2,1-2H3,(H,21,22)/t13-/m1/s1. The second-order valence-electron chi connectivity index (χ2n) is 5.78. The van der Waals surface area contributed by atoms with Crippen LogP contribution in [0.2, 0.25) is 0 Å². The Labute approximate surface area is 129 Å². The number of aliphatic carboxylic acids is 1. The van der Waals surface area contributed by atoms with Crippen molar-refractivity contribution in [2.24, 2.45) is 5.92 Å². The Morgan fingerprint density at radius 2 is 1.73 bits per heavy atom. The topological polar surface area (TPSA) is 86.7 Å². The molecule has 1 aliphatic rings. The maximum Gasteiger partial charge on any atom is 0.320 e. The van der Waals surface area contributed by atoms with Gasteiger partial charge < -0.3 is 10.4 Å². The summed E-state index contributed by atoms with van der Waals surface area (Å²) >= 11 is 0. The van der Waals surface area contributed by atoms with Crippen LogP contribution in [-0.2, 0) is 4.79 Å². The van der Waals surface area contributed by atoms with Gasteiger partial charge in [0.25, 0.3) is 11.8 Å². The van der Waals surface area contributed by atoms with Crippen molar-refractivity contribution in [2.45, 2.75) is 26.3 Å². The first-order valence-corrected chi connectivity index (χ1v) is 7.33. The zero-order valence-corrected chi connectivity index (χ0v) is 12.7. The SMILES string of the molecule is CC(C)C[C@@H](NCCN1C(=O)c2ccccc2C1=O)C(=O)O. The third-order valence-electron chi connectivity index (χ3n) is 3.61. The number of fused-ring (bicyclic) bond motifs is 1. The summed E-state index contributed by atoms with van der Waals surface area (Å²) in [4.78, 5) is 36.6. The highest BCUT2D eigenvalue weighted by Crippen LogP contribution is 2.21. The number of nitrogens with one attached hydrogen (secondary N) is 1. The lowest BCUT2D eigenvalue weighted by Gasteiger charge is -2.19. The molecule has 0 unspecified atom stereocenters. The van der Waals surface area contributed by atoms with E-state index in [1.807, 2.05) is 13.8 Å². The first-order valence-electron chi connectivity index (χ1n) is 7.33. The summed E-state index contributed by atoms with van der Waals surface area (Å²) in [5.74, 6) is -1.32. The van der Waals surface area contributed by atoms with E-state index < -0.39 is 12.0 Å². The fourth-order valence-electron chi connectivity index (χ4n) is 2.54. The van der Waals surface area contributed by atoms with Gasteiger partial charge in [-0.25, -0.2) is 0 Å². The molecule has 1 heterocycles. The Hall–Kier alpha value is -2.21. The Morgan fingerprint density at radius 3 is 2.18 bits per heavy atom. The molecule has 0 bridgehead atoms. The highest BCUT2D eigenvalue weighted by atomic mass is 16.4. The minimum Gasteiger partial charge on any atom is -0.480 e. The van der Waals surface area contributed by atoms with Crippen LogP contribution in [0.4, 0.5) is 0 Å². The van der Waals surface area contributed by atoms with Crippen LogP contribution in [0.5, 0.6) is 0 Å². The van der Waals surface area contributed by atoms with Gasteiger partial charge >= 0.3 is 5.97 Å². The maximum atomic E-state index is 12.2. The fraction of sp³-hybridized carbons (Fsp3) is 0.438. The number of rotatable bonds is 7. The molecule has 1 aliphatic heterocycles. The van der Waals surface area contributed by atoms with Crippen molar-refractivity contribution in [2.75, 3.05) is 13.1 Å². The molecule has 2 N–H and O–H groups in total. The number of imide groups is 1. The van der Waals surface area contributed by atoms with Crippen LogP contribution in [-0.4, -0.2) is 46.9 Å². The molecule has 2 rings (SSSR count). The number of nitrogens with zero attached hydrogens (tertiary/aromatic N) is 1. The summed E-state index contributed by atoms with van der Waals surface area (Å²) in [5, 5.41) is 12.0. The zero-order valence-electron chi connectivity index (χ0n) is 12.7. The van der Waals surface area contributed by atoms with E-state index in [2.05, 4.69) is 5.32 Å². The van der Waals surface area contributed by atoms with E-state index in [-0.39, 0.29) is 30.8 Å². The van der Waals surface area contributed by atoms with Gasteiger partial charge in [-0.2, -0.15) is 0 Å². The molecular weight excluding hydrogens is 284 g/mol. The number of carbonyl (C=O) groups is 3. The van der Waals surface area contributed by atoms with Crippen LogP contribution in [0.15, 0.2) is 24.3 Å². The van der Waals surface area contributed by atoms with Crippen LogP contribution < -0.4 is 5.32 Å². The molecule has 0 aliphatic carbocycles. The van der Waals surface area contributed by atoms with Crippen LogP contribution in [0.3, 0.4) is 0 Å². The minimum absolute atomic E-state index is 0.161. The molecule has 0 saturated carbocycles. The smallest absolute Gasteiger partial charge is 0.320 e. The second-order valence-corrected chi connectivity index (χ2v) is 5.78. The Balaban J connectivity index is 1.94. The predicted molar refractivity (Wildman–Crippen MR) is 80.7 cm³/mol. The quantitative estimate of drug-likeness (QED) is 0.743. The largest absolute Gasteiger partial charge is 0.480 e. The molecule has 0 spiro atoms. The number of carboxylic acids is 1. The van der Waals surface area contributed by atoms with E-state index in [1.54, 1.807) is 24.3 Å². The van der Waals surface area contributed by atoms with Crippen molar-refractivity contribution in [3.8, 4) is 0 Å². The predicted octanol–water partition coefficient (Wildman–Crippen LogP) is 1.37. The van der Waals surface area contributed by atoms with Gasteiger partial charge in [-0.15, -0.1) is 0 Å². The lowest BCUT2D eigenvalue weighted by Crippen LogP contribution is -2.43. The van der Waals surface area contributed by atoms with Gasteiger partial charge in [-0.05, 0) is 24.5 Å². The highest BCUT2D eigenvalue weighted by molar-refractivity contribution is 6.21. The second kappa shape index (κ2) is 6.70. The van der Waals surface area contributed by atoms with E-state index in [1.165, 1.54) is 0 Å². The molecule has 1 aromatic rings. The zero-order chi connectivity index (χ0) is 16.3. The van der Waals surface area contributed by atoms with E-state index in [4.69, 9.17) is 5.11 Å². The molecule has 2 amide bonds. The number of hydrogen-bond donors (Lipinski definition) is 2. The maximum absolute atomic E-state index is 12.2. The van der Waals surface area contributed by atoms with Gasteiger partial charge in [-0.3, -0.25) is 19.3 Å². The van der Waals surface area contributed by atoms with Gasteiger partial charge in [-0.1, -0.05) is 26.0 Å². The number of carboxylic acid groups (broad SMARTS) is 1. The summed E-state index contributed by atoms with van der Waals surface area (Å²) in [6, 6.07) is 6.02. The van der Waals surface area contributed by atoms with Crippen LogP contribution in [0, 0.1) is 5.92 Å². The monoisotopic (exact) mass is 304 g/mol. The summed E-state index contributed by atoms with van der Waals surface area (Å²) in [7, 11) is 0. The van der Waals surface area contributed by atoms with Crippen molar-refractivity contribution < 1.29 is 19.5 Å². The Kier molecular flexibility index (Phi) is 4.92. The van der Waals surface area contributed by atoms with Crippen LogP contribution >= 0.6 is 0 Å². The fourth-order valence-corrected chi connectivity index (χ4v) is 2.54. The number of amides is 2. The molecule has 0 radical (unpaired) electrons. The van der Waals surface area contributed by atoms with Crippen molar-refractivity contribution in [1.82, 2.24) is 10.2 Å². The number of carbonyl (C=O) groups excluding carboxylic acids is 2. The first-order chi connectivity index (χ1) is 10.4. The summed E-state index contributed by atoms with van der Waals surface area (Å²) in [6.45, 7) is 4.31. The molecule has 0 aromatic heterocycles. The van der Waals surface area contributed by atoms with Crippen molar-refractivity contribution in [3.05, 3.63) is 35.4 Å².